The summed E-state index contributed by atoms with van der Waals surface area (Å²) in [5, 5.41) is 5.15. The second-order valence-electron chi connectivity index (χ2n) is 4.04. The van der Waals surface area contributed by atoms with Crippen LogP contribution < -0.4 is 10.1 Å². The first kappa shape index (κ1) is 15.1. The molecule has 0 spiro atoms. The van der Waals surface area contributed by atoms with Crippen LogP contribution in [-0.4, -0.2) is 17.5 Å². The highest BCUT2D eigenvalue weighted by Gasteiger charge is 2.21. The molecule has 0 radical (unpaired) electrons. The zero-order chi connectivity index (χ0) is 15.7. The van der Waals surface area contributed by atoms with E-state index in [0.717, 1.165) is 11.3 Å². The molecule has 4 nitrogen and oxygen atoms in total. The SMILES string of the molecule is O=C(Nc1nccs1)c1sc2cccc(OC(F)F)c2c1Cl. The van der Waals surface area contributed by atoms with Gasteiger partial charge in [0, 0.05) is 16.3 Å². The molecule has 0 fully saturated rings. The molecule has 2 heterocycles. The summed E-state index contributed by atoms with van der Waals surface area (Å²) in [5.74, 6) is -0.494. The molecular formula is C13H7ClF2N2O2S2. The van der Waals surface area contributed by atoms with Crippen LogP contribution in [-0.2, 0) is 0 Å². The number of hydrogen-bond acceptors (Lipinski definition) is 5. The van der Waals surface area contributed by atoms with Gasteiger partial charge < -0.3 is 4.74 Å². The second-order valence-corrected chi connectivity index (χ2v) is 6.37. The van der Waals surface area contributed by atoms with Crippen LogP contribution in [0.1, 0.15) is 9.67 Å². The largest absolute Gasteiger partial charge is 0.434 e. The van der Waals surface area contributed by atoms with Crippen LogP contribution in [0, 0.1) is 0 Å². The molecule has 9 heteroatoms. The number of thiazole rings is 1. The number of halogens is 3. The Morgan fingerprint density at radius 1 is 1.41 bits per heavy atom. The Balaban J connectivity index is 2.00. The molecule has 1 aromatic carbocycles. The highest BCUT2D eigenvalue weighted by molar-refractivity contribution is 7.22. The minimum Gasteiger partial charge on any atom is -0.434 e. The minimum atomic E-state index is -2.96. The van der Waals surface area contributed by atoms with Gasteiger partial charge in [0.1, 0.15) is 10.6 Å². The first-order chi connectivity index (χ1) is 10.6. The lowest BCUT2D eigenvalue weighted by Gasteiger charge is -2.05. The highest BCUT2D eigenvalue weighted by Crippen LogP contribution is 2.41. The van der Waals surface area contributed by atoms with Crippen molar-refractivity contribution >= 4 is 55.4 Å². The van der Waals surface area contributed by atoms with Gasteiger partial charge in [0.15, 0.2) is 5.13 Å². The first-order valence-corrected chi connectivity index (χ1v) is 8.00. The van der Waals surface area contributed by atoms with Crippen LogP contribution in [0.4, 0.5) is 13.9 Å². The van der Waals surface area contributed by atoms with Crippen molar-refractivity contribution in [3.8, 4) is 5.75 Å². The molecule has 1 N–H and O–H groups in total. The number of fused-ring (bicyclic) bond motifs is 1. The third kappa shape index (κ3) is 2.90. The number of carbonyl (C=O) groups is 1. The van der Waals surface area contributed by atoms with Crippen molar-refractivity contribution in [2.75, 3.05) is 5.32 Å². The van der Waals surface area contributed by atoms with Crippen molar-refractivity contribution in [1.29, 1.82) is 0 Å². The number of aromatic nitrogens is 1. The van der Waals surface area contributed by atoms with Crippen molar-refractivity contribution in [3.63, 3.8) is 0 Å². The number of carbonyl (C=O) groups excluding carboxylic acids is 1. The molecule has 0 saturated heterocycles. The maximum Gasteiger partial charge on any atom is 0.387 e. The van der Waals surface area contributed by atoms with Crippen molar-refractivity contribution in [2.45, 2.75) is 6.61 Å². The number of nitrogens with zero attached hydrogens (tertiary/aromatic N) is 1. The van der Waals surface area contributed by atoms with E-state index in [0.29, 0.717) is 15.2 Å². The van der Waals surface area contributed by atoms with E-state index in [-0.39, 0.29) is 15.6 Å². The van der Waals surface area contributed by atoms with Gasteiger partial charge in [-0.2, -0.15) is 8.78 Å². The molecule has 3 rings (SSSR count). The smallest absolute Gasteiger partial charge is 0.387 e. The van der Waals surface area contributed by atoms with Crippen LogP contribution in [0.2, 0.25) is 5.02 Å². The van der Waals surface area contributed by atoms with E-state index < -0.39 is 12.5 Å². The van der Waals surface area contributed by atoms with E-state index in [2.05, 4.69) is 15.0 Å². The van der Waals surface area contributed by atoms with Crippen molar-refractivity contribution in [3.05, 3.63) is 39.7 Å². The molecule has 0 bridgehead atoms. The van der Waals surface area contributed by atoms with Crippen LogP contribution in [0.25, 0.3) is 10.1 Å². The van der Waals surface area contributed by atoms with E-state index in [4.69, 9.17) is 11.6 Å². The summed E-state index contributed by atoms with van der Waals surface area (Å²) in [4.78, 5) is 16.4. The summed E-state index contributed by atoms with van der Waals surface area (Å²) in [6, 6.07) is 4.63. The van der Waals surface area contributed by atoms with E-state index >= 15 is 0 Å². The van der Waals surface area contributed by atoms with Crippen molar-refractivity contribution in [1.82, 2.24) is 4.98 Å². The molecular weight excluding hydrogens is 354 g/mol. The summed E-state index contributed by atoms with van der Waals surface area (Å²) < 4.78 is 29.9. The fraction of sp³-hybridized carbons (Fsp3) is 0.0769. The highest BCUT2D eigenvalue weighted by atomic mass is 35.5. The first-order valence-electron chi connectivity index (χ1n) is 5.93. The van der Waals surface area contributed by atoms with Crippen LogP contribution >= 0.6 is 34.3 Å². The second kappa shape index (κ2) is 6.15. The predicted octanol–water partition coefficient (Wildman–Crippen LogP) is 4.86. The van der Waals surface area contributed by atoms with Crippen molar-refractivity contribution < 1.29 is 18.3 Å². The Hall–Kier alpha value is -1.77. The quantitative estimate of drug-likeness (QED) is 0.722. The Morgan fingerprint density at radius 2 is 2.23 bits per heavy atom. The molecule has 2 aromatic heterocycles. The molecule has 22 heavy (non-hydrogen) atoms. The average Bonchev–Trinajstić information content (AvgIpc) is 3.07. The summed E-state index contributed by atoms with van der Waals surface area (Å²) >= 11 is 8.56. The average molecular weight is 361 g/mol. The van der Waals surface area contributed by atoms with Crippen LogP contribution in [0.5, 0.6) is 5.75 Å². The van der Waals surface area contributed by atoms with Crippen LogP contribution in [0.15, 0.2) is 29.8 Å². The monoisotopic (exact) mass is 360 g/mol. The van der Waals surface area contributed by atoms with E-state index in [1.807, 2.05) is 0 Å². The Bertz CT molecular complexity index is 821. The molecule has 114 valence electrons. The fourth-order valence-electron chi connectivity index (χ4n) is 1.86. The molecule has 0 aliphatic rings. The molecule has 1 amide bonds. The minimum absolute atomic E-state index is 0.0537. The number of benzene rings is 1. The number of anilines is 1. The maximum atomic E-state index is 12.4. The maximum absolute atomic E-state index is 12.4. The standard InChI is InChI=1S/C13H7ClF2N2O2S2/c14-9-8-6(20-12(15)16)2-1-3-7(8)22-10(9)11(19)18-13-17-4-5-21-13/h1-5,12H,(H,17,18,19). The van der Waals surface area contributed by atoms with Gasteiger partial charge in [-0.3, -0.25) is 10.1 Å². The number of hydrogen-bond donors (Lipinski definition) is 1. The number of amides is 1. The van der Waals surface area contributed by atoms with Gasteiger partial charge in [0.2, 0.25) is 0 Å². The van der Waals surface area contributed by atoms with Gasteiger partial charge in [-0.05, 0) is 12.1 Å². The summed E-state index contributed by atoms with van der Waals surface area (Å²) in [6.07, 6.45) is 1.56. The fourth-order valence-corrected chi connectivity index (χ4v) is 3.84. The zero-order valence-corrected chi connectivity index (χ0v) is 13.1. The van der Waals surface area contributed by atoms with Crippen molar-refractivity contribution in [2.24, 2.45) is 0 Å². The van der Waals surface area contributed by atoms with E-state index in [9.17, 15) is 13.6 Å². The Labute approximate surface area is 136 Å². The summed E-state index contributed by atoms with van der Waals surface area (Å²) in [5.41, 5.74) is 0. The molecule has 0 unspecified atom stereocenters. The lowest BCUT2D eigenvalue weighted by atomic mass is 10.2. The number of ether oxygens (including phenoxy) is 1. The third-order valence-corrected chi connectivity index (χ3v) is 5.03. The normalized spacial score (nSPS) is 11.1. The number of nitrogens with one attached hydrogen (secondary N) is 1. The summed E-state index contributed by atoms with van der Waals surface area (Å²) in [7, 11) is 0. The Morgan fingerprint density at radius 3 is 2.91 bits per heavy atom. The molecule has 0 aliphatic heterocycles. The molecule has 0 saturated carbocycles. The van der Waals surface area contributed by atoms with Gasteiger partial charge in [0.05, 0.1) is 10.4 Å². The summed E-state index contributed by atoms with van der Waals surface area (Å²) in [6.45, 7) is -2.96. The zero-order valence-electron chi connectivity index (χ0n) is 10.7. The number of alkyl halides is 2. The van der Waals surface area contributed by atoms with E-state index in [1.54, 1.807) is 23.7 Å². The third-order valence-electron chi connectivity index (χ3n) is 2.69. The molecule has 3 aromatic rings. The lowest BCUT2D eigenvalue weighted by Crippen LogP contribution is -2.10. The predicted molar refractivity (Wildman–Crippen MR) is 83.5 cm³/mol. The molecule has 0 atom stereocenters. The van der Waals surface area contributed by atoms with Crippen LogP contribution in [0.3, 0.4) is 0 Å². The number of rotatable bonds is 4. The Kier molecular flexibility index (Phi) is 4.23. The van der Waals surface area contributed by atoms with Gasteiger partial charge >= 0.3 is 6.61 Å². The number of thiophene rings is 1. The van der Waals surface area contributed by atoms with E-state index in [1.165, 1.54) is 17.4 Å². The lowest BCUT2D eigenvalue weighted by molar-refractivity contribution is -0.0487. The topological polar surface area (TPSA) is 51.2 Å². The van der Waals surface area contributed by atoms with Gasteiger partial charge in [0.25, 0.3) is 5.91 Å². The molecule has 0 aliphatic carbocycles. The van der Waals surface area contributed by atoms with Gasteiger partial charge in [-0.15, -0.1) is 22.7 Å². The van der Waals surface area contributed by atoms with Gasteiger partial charge in [-0.1, -0.05) is 17.7 Å². The van der Waals surface area contributed by atoms with Gasteiger partial charge in [-0.25, -0.2) is 4.98 Å².